The predicted molar refractivity (Wildman–Crippen MR) is 75.5 cm³/mol. The summed E-state index contributed by atoms with van der Waals surface area (Å²) < 4.78 is 2.01. The highest BCUT2D eigenvalue weighted by atomic mass is 15.3. The third-order valence-electron chi connectivity index (χ3n) is 4.91. The van der Waals surface area contributed by atoms with Crippen LogP contribution in [0.15, 0.2) is 6.07 Å². The molecule has 1 heterocycles. The van der Waals surface area contributed by atoms with E-state index >= 15 is 0 Å². The standard InChI is InChI=1S/C15H27N3/c1-4-12-10-13(18(3)17-12)11-14(16)15(5-2)8-6-7-9-15/h10,14H,4-9,11,16H2,1-3H3. The Hall–Kier alpha value is -0.830. The number of nitrogens with zero attached hydrogens (tertiary/aromatic N) is 2. The van der Waals surface area contributed by atoms with Crippen molar-refractivity contribution in [3.05, 3.63) is 17.5 Å². The van der Waals surface area contributed by atoms with Crippen LogP contribution in [-0.2, 0) is 19.9 Å². The predicted octanol–water partition coefficient (Wildman–Crippen LogP) is 2.82. The van der Waals surface area contributed by atoms with E-state index in [4.69, 9.17) is 5.73 Å². The Bertz CT molecular complexity index is 388. The lowest BCUT2D eigenvalue weighted by atomic mass is 9.75. The van der Waals surface area contributed by atoms with Crippen LogP contribution < -0.4 is 5.73 Å². The lowest BCUT2D eigenvalue weighted by molar-refractivity contribution is 0.217. The van der Waals surface area contributed by atoms with E-state index in [0.717, 1.165) is 12.8 Å². The number of aryl methyl sites for hydroxylation is 2. The minimum Gasteiger partial charge on any atom is -0.327 e. The average Bonchev–Trinajstić information content (AvgIpc) is 2.97. The van der Waals surface area contributed by atoms with Crippen LogP contribution in [0.3, 0.4) is 0 Å². The van der Waals surface area contributed by atoms with Crippen LogP contribution in [0.2, 0.25) is 0 Å². The van der Waals surface area contributed by atoms with Crippen molar-refractivity contribution in [3.63, 3.8) is 0 Å². The van der Waals surface area contributed by atoms with Crippen molar-refractivity contribution in [2.45, 2.75) is 64.8 Å². The Labute approximate surface area is 111 Å². The highest BCUT2D eigenvalue weighted by molar-refractivity contribution is 5.13. The first-order valence-electron chi connectivity index (χ1n) is 7.38. The van der Waals surface area contributed by atoms with Crippen LogP contribution in [0.4, 0.5) is 0 Å². The second-order valence-corrected chi connectivity index (χ2v) is 5.84. The number of nitrogens with two attached hydrogens (primary N) is 1. The van der Waals surface area contributed by atoms with Crippen LogP contribution in [-0.4, -0.2) is 15.8 Å². The SMILES string of the molecule is CCc1cc(CC(N)C2(CC)CCCC2)n(C)n1. The van der Waals surface area contributed by atoms with E-state index in [-0.39, 0.29) is 6.04 Å². The van der Waals surface area contributed by atoms with E-state index < -0.39 is 0 Å². The molecule has 1 aromatic heterocycles. The van der Waals surface area contributed by atoms with Crippen LogP contribution in [0, 0.1) is 5.41 Å². The van der Waals surface area contributed by atoms with Gasteiger partial charge in [-0.05, 0) is 37.2 Å². The third-order valence-corrected chi connectivity index (χ3v) is 4.91. The monoisotopic (exact) mass is 249 g/mol. The van der Waals surface area contributed by atoms with Crippen molar-refractivity contribution in [3.8, 4) is 0 Å². The Morgan fingerprint density at radius 3 is 2.56 bits per heavy atom. The molecule has 0 amide bonds. The first-order chi connectivity index (χ1) is 8.61. The van der Waals surface area contributed by atoms with Crippen molar-refractivity contribution in [1.29, 1.82) is 0 Å². The summed E-state index contributed by atoms with van der Waals surface area (Å²) in [6.07, 6.45) is 8.51. The summed E-state index contributed by atoms with van der Waals surface area (Å²) in [5, 5.41) is 4.52. The molecule has 0 aromatic carbocycles. The van der Waals surface area contributed by atoms with E-state index in [1.165, 1.54) is 43.5 Å². The topological polar surface area (TPSA) is 43.8 Å². The smallest absolute Gasteiger partial charge is 0.0624 e. The molecule has 1 fully saturated rings. The molecule has 102 valence electrons. The molecule has 1 saturated carbocycles. The zero-order valence-electron chi connectivity index (χ0n) is 12.1. The van der Waals surface area contributed by atoms with Crippen molar-refractivity contribution in [1.82, 2.24) is 9.78 Å². The van der Waals surface area contributed by atoms with Crippen molar-refractivity contribution in [2.75, 3.05) is 0 Å². The van der Waals surface area contributed by atoms with Crippen molar-refractivity contribution < 1.29 is 0 Å². The van der Waals surface area contributed by atoms with Crippen molar-refractivity contribution in [2.24, 2.45) is 18.2 Å². The molecule has 1 atom stereocenters. The van der Waals surface area contributed by atoms with Gasteiger partial charge >= 0.3 is 0 Å². The molecule has 3 heteroatoms. The maximum Gasteiger partial charge on any atom is 0.0624 e. The van der Waals surface area contributed by atoms with Gasteiger partial charge in [0.15, 0.2) is 0 Å². The van der Waals surface area contributed by atoms with Gasteiger partial charge in [0, 0.05) is 25.2 Å². The summed E-state index contributed by atoms with van der Waals surface area (Å²) >= 11 is 0. The summed E-state index contributed by atoms with van der Waals surface area (Å²) in [7, 11) is 2.04. The fourth-order valence-electron chi connectivity index (χ4n) is 3.44. The molecule has 1 aliphatic carbocycles. The molecule has 0 aliphatic heterocycles. The molecule has 0 spiro atoms. The molecule has 0 radical (unpaired) electrons. The van der Waals surface area contributed by atoms with Gasteiger partial charge < -0.3 is 5.73 Å². The fourth-order valence-corrected chi connectivity index (χ4v) is 3.44. The Kier molecular flexibility index (Phi) is 4.10. The van der Waals surface area contributed by atoms with Gasteiger partial charge in [0.1, 0.15) is 0 Å². The second-order valence-electron chi connectivity index (χ2n) is 5.84. The van der Waals surface area contributed by atoms with Gasteiger partial charge in [-0.25, -0.2) is 0 Å². The van der Waals surface area contributed by atoms with E-state index in [1.807, 2.05) is 11.7 Å². The van der Waals surface area contributed by atoms with Gasteiger partial charge in [-0.3, -0.25) is 4.68 Å². The number of hydrogen-bond acceptors (Lipinski definition) is 2. The largest absolute Gasteiger partial charge is 0.327 e. The molecule has 0 bridgehead atoms. The first kappa shape index (κ1) is 13.6. The molecule has 1 aromatic rings. The fraction of sp³-hybridized carbons (Fsp3) is 0.800. The van der Waals surface area contributed by atoms with Gasteiger partial charge in [-0.2, -0.15) is 5.10 Å². The lowest BCUT2D eigenvalue weighted by Crippen LogP contribution is -2.41. The number of aromatic nitrogens is 2. The van der Waals surface area contributed by atoms with E-state index in [0.29, 0.717) is 5.41 Å². The molecular weight excluding hydrogens is 222 g/mol. The lowest BCUT2D eigenvalue weighted by Gasteiger charge is -2.34. The average molecular weight is 249 g/mol. The minimum absolute atomic E-state index is 0.283. The van der Waals surface area contributed by atoms with Gasteiger partial charge in [0.25, 0.3) is 0 Å². The second kappa shape index (κ2) is 5.43. The summed E-state index contributed by atoms with van der Waals surface area (Å²) in [5.41, 5.74) is 9.39. The zero-order chi connectivity index (χ0) is 13.2. The van der Waals surface area contributed by atoms with Gasteiger partial charge in [0.05, 0.1) is 5.69 Å². The molecule has 18 heavy (non-hydrogen) atoms. The normalized spacial score (nSPS) is 20.2. The molecule has 3 nitrogen and oxygen atoms in total. The van der Waals surface area contributed by atoms with E-state index in [9.17, 15) is 0 Å². The van der Waals surface area contributed by atoms with Crippen molar-refractivity contribution >= 4 is 0 Å². The Morgan fingerprint density at radius 1 is 1.39 bits per heavy atom. The minimum atomic E-state index is 0.283. The first-order valence-corrected chi connectivity index (χ1v) is 7.38. The summed E-state index contributed by atoms with van der Waals surface area (Å²) in [6, 6.07) is 2.50. The molecule has 2 rings (SSSR count). The third kappa shape index (κ3) is 2.46. The Balaban J connectivity index is 2.10. The highest BCUT2D eigenvalue weighted by Gasteiger charge is 2.37. The maximum atomic E-state index is 6.54. The molecule has 2 N–H and O–H groups in total. The maximum absolute atomic E-state index is 6.54. The number of hydrogen-bond donors (Lipinski definition) is 1. The molecule has 1 aliphatic rings. The van der Waals surface area contributed by atoms with Gasteiger partial charge in [0.2, 0.25) is 0 Å². The van der Waals surface area contributed by atoms with Crippen LogP contribution in [0.5, 0.6) is 0 Å². The molecular formula is C15H27N3. The van der Waals surface area contributed by atoms with E-state index in [1.54, 1.807) is 0 Å². The molecule has 1 unspecified atom stereocenters. The quantitative estimate of drug-likeness (QED) is 0.872. The van der Waals surface area contributed by atoms with Crippen LogP contribution >= 0.6 is 0 Å². The Morgan fingerprint density at radius 2 is 2.06 bits per heavy atom. The van der Waals surface area contributed by atoms with Gasteiger partial charge in [-0.15, -0.1) is 0 Å². The van der Waals surface area contributed by atoms with E-state index in [2.05, 4.69) is 25.0 Å². The summed E-state index contributed by atoms with van der Waals surface area (Å²) in [6.45, 7) is 4.45. The zero-order valence-corrected chi connectivity index (χ0v) is 12.1. The summed E-state index contributed by atoms with van der Waals surface area (Å²) in [4.78, 5) is 0. The van der Waals surface area contributed by atoms with Gasteiger partial charge in [-0.1, -0.05) is 26.7 Å². The summed E-state index contributed by atoms with van der Waals surface area (Å²) in [5.74, 6) is 0. The van der Waals surface area contributed by atoms with Crippen LogP contribution in [0.1, 0.15) is 57.3 Å². The molecule has 0 saturated heterocycles. The number of rotatable bonds is 5. The van der Waals surface area contributed by atoms with Crippen LogP contribution in [0.25, 0.3) is 0 Å². The highest BCUT2D eigenvalue weighted by Crippen LogP contribution is 2.43.